The number of piperidine rings is 1. The van der Waals surface area contributed by atoms with Crippen LogP contribution in [0.3, 0.4) is 0 Å². The second-order valence-electron chi connectivity index (χ2n) is 7.10. The third kappa shape index (κ3) is 3.41. The van der Waals surface area contributed by atoms with Crippen LogP contribution in [0, 0.1) is 5.92 Å². The van der Waals surface area contributed by atoms with Gasteiger partial charge in [-0.3, -0.25) is 9.48 Å². The fraction of sp³-hybridized carbons (Fsp3) is 0.500. The van der Waals surface area contributed by atoms with E-state index in [2.05, 4.69) is 10.00 Å². The van der Waals surface area contributed by atoms with Crippen molar-refractivity contribution in [1.82, 2.24) is 14.7 Å². The van der Waals surface area contributed by atoms with Crippen molar-refractivity contribution in [3.8, 4) is 11.5 Å². The van der Waals surface area contributed by atoms with Crippen LogP contribution in [0.4, 0.5) is 0 Å². The van der Waals surface area contributed by atoms with Gasteiger partial charge in [0.2, 0.25) is 5.91 Å². The Morgan fingerprint density at radius 1 is 1.27 bits per heavy atom. The topological polar surface area (TPSA) is 56.6 Å². The van der Waals surface area contributed by atoms with Gasteiger partial charge in [-0.05, 0) is 43.4 Å². The molecule has 0 radical (unpaired) electrons. The average Bonchev–Trinajstić information content (AvgIpc) is 3.41. The molecule has 4 rings (SSSR count). The summed E-state index contributed by atoms with van der Waals surface area (Å²) in [5, 5.41) is 4.18. The number of fused-ring (bicyclic) bond motifs is 2. The summed E-state index contributed by atoms with van der Waals surface area (Å²) in [5.41, 5.74) is 0. The molecule has 1 aromatic heterocycles. The van der Waals surface area contributed by atoms with Crippen LogP contribution in [0.1, 0.15) is 25.7 Å². The third-order valence-electron chi connectivity index (χ3n) is 5.60. The molecule has 0 spiro atoms. The lowest BCUT2D eigenvalue weighted by atomic mass is 9.99. The van der Waals surface area contributed by atoms with Gasteiger partial charge in [-0.15, -0.1) is 0 Å². The van der Waals surface area contributed by atoms with Gasteiger partial charge < -0.3 is 14.4 Å². The summed E-state index contributed by atoms with van der Waals surface area (Å²) >= 11 is 0. The Morgan fingerprint density at radius 2 is 2.15 bits per heavy atom. The lowest BCUT2D eigenvalue weighted by Gasteiger charge is -2.35. The normalized spacial score (nSPS) is 24.0. The van der Waals surface area contributed by atoms with Crippen molar-refractivity contribution in [3.05, 3.63) is 42.7 Å². The lowest BCUT2D eigenvalue weighted by molar-refractivity contribution is -0.136. The van der Waals surface area contributed by atoms with Gasteiger partial charge >= 0.3 is 0 Å². The summed E-state index contributed by atoms with van der Waals surface area (Å²) in [6.07, 6.45) is 7.55. The van der Waals surface area contributed by atoms with Crippen LogP contribution in [0.2, 0.25) is 0 Å². The number of ether oxygens (including phenoxy) is 2. The largest absolute Gasteiger partial charge is 0.497 e. The minimum absolute atomic E-state index is 0.171. The molecule has 6 heteroatoms. The Hall–Kier alpha value is -2.50. The van der Waals surface area contributed by atoms with Gasteiger partial charge in [0, 0.05) is 37.5 Å². The van der Waals surface area contributed by atoms with E-state index in [1.54, 1.807) is 13.3 Å². The summed E-state index contributed by atoms with van der Waals surface area (Å²) in [6, 6.07) is 10.1. The molecule has 26 heavy (non-hydrogen) atoms. The Morgan fingerprint density at radius 3 is 2.96 bits per heavy atom. The number of methoxy groups -OCH3 is 1. The number of benzene rings is 1. The molecule has 3 atom stereocenters. The van der Waals surface area contributed by atoms with Crippen LogP contribution in [0.15, 0.2) is 42.7 Å². The first-order valence-electron chi connectivity index (χ1n) is 9.30. The van der Waals surface area contributed by atoms with Crippen LogP contribution in [-0.2, 0) is 11.3 Å². The fourth-order valence-corrected chi connectivity index (χ4v) is 4.34. The molecule has 2 aromatic rings. The summed E-state index contributed by atoms with van der Waals surface area (Å²) in [5.74, 6) is 2.34. The number of aryl methyl sites for hydroxylation is 1. The maximum Gasteiger partial charge on any atom is 0.225 e. The molecule has 0 unspecified atom stereocenters. The quantitative estimate of drug-likeness (QED) is 0.766. The van der Waals surface area contributed by atoms with E-state index in [9.17, 15) is 4.79 Å². The van der Waals surface area contributed by atoms with Gasteiger partial charge in [0.25, 0.3) is 0 Å². The van der Waals surface area contributed by atoms with E-state index in [4.69, 9.17) is 9.47 Å². The monoisotopic (exact) mass is 355 g/mol. The Kier molecular flexibility index (Phi) is 4.82. The molecule has 2 bridgehead atoms. The van der Waals surface area contributed by atoms with Crippen LogP contribution in [-0.4, -0.2) is 46.4 Å². The van der Waals surface area contributed by atoms with E-state index in [0.717, 1.165) is 24.3 Å². The highest BCUT2D eigenvalue weighted by Crippen LogP contribution is 2.43. The van der Waals surface area contributed by atoms with E-state index < -0.39 is 0 Å². The van der Waals surface area contributed by atoms with Crippen LogP contribution in [0.5, 0.6) is 11.5 Å². The number of hydrogen-bond acceptors (Lipinski definition) is 4. The van der Waals surface area contributed by atoms with Crippen molar-refractivity contribution in [2.45, 2.75) is 44.3 Å². The zero-order chi connectivity index (χ0) is 17.9. The van der Waals surface area contributed by atoms with Crippen molar-refractivity contribution < 1.29 is 14.3 Å². The van der Waals surface area contributed by atoms with Gasteiger partial charge in [0.15, 0.2) is 0 Å². The Bertz CT molecular complexity index is 747. The number of carbonyl (C=O) groups is 1. The van der Waals surface area contributed by atoms with Crippen molar-refractivity contribution in [2.24, 2.45) is 5.92 Å². The third-order valence-corrected chi connectivity index (χ3v) is 5.60. The molecule has 6 nitrogen and oxygen atoms in total. The number of amides is 1. The molecule has 1 saturated carbocycles. The Balaban J connectivity index is 1.39. The molecule has 1 aromatic carbocycles. The molecule has 2 aliphatic rings. The van der Waals surface area contributed by atoms with Gasteiger partial charge in [-0.25, -0.2) is 0 Å². The van der Waals surface area contributed by atoms with Crippen molar-refractivity contribution >= 4 is 5.91 Å². The molecule has 1 amide bonds. The highest BCUT2D eigenvalue weighted by molar-refractivity contribution is 5.77. The minimum Gasteiger partial charge on any atom is -0.497 e. The number of hydrogen-bond donors (Lipinski definition) is 0. The first-order valence-corrected chi connectivity index (χ1v) is 9.30. The maximum absolute atomic E-state index is 12.9. The average molecular weight is 355 g/mol. The van der Waals surface area contributed by atoms with Gasteiger partial charge in [0.05, 0.1) is 13.2 Å². The molecule has 0 N–H and O–H groups in total. The number of rotatable bonds is 7. The molecule has 2 heterocycles. The predicted octanol–water partition coefficient (Wildman–Crippen LogP) is 2.74. The maximum atomic E-state index is 12.9. The lowest BCUT2D eigenvalue weighted by Crippen LogP contribution is -2.48. The van der Waals surface area contributed by atoms with E-state index in [1.165, 1.54) is 6.42 Å². The van der Waals surface area contributed by atoms with Crippen molar-refractivity contribution in [2.75, 3.05) is 13.7 Å². The SMILES string of the molecule is COc1cccc(OC[C@H]2[C@H]3CC[C@@H](C3)N2C(=O)CCn2cccn2)c1. The standard InChI is InChI=1S/C20H25N3O3/c1-25-17-4-2-5-18(13-17)26-14-19-15-6-7-16(12-15)23(19)20(24)8-11-22-10-3-9-21-22/h2-5,9-10,13,15-16,19H,6-8,11-12,14H2,1H3/t15-,16-,19-/m0/s1. The zero-order valence-corrected chi connectivity index (χ0v) is 15.1. The molecule has 2 fully saturated rings. The van der Waals surface area contributed by atoms with Gasteiger partial charge in [-0.1, -0.05) is 6.07 Å². The molecule has 1 aliphatic heterocycles. The van der Waals surface area contributed by atoms with E-state index in [0.29, 0.717) is 31.5 Å². The van der Waals surface area contributed by atoms with Crippen molar-refractivity contribution in [3.63, 3.8) is 0 Å². The molecular formula is C20H25N3O3. The Labute approximate surface area is 153 Å². The second-order valence-corrected chi connectivity index (χ2v) is 7.10. The number of likely N-dealkylation sites (tertiary alicyclic amines) is 1. The first kappa shape index (κ1) is 16.9. The van der Waals surface area contributed by atoms with Crippen LogP contribution < -0.4 is 9.47 Å². The predicted molar refractivity (Wildman–Crippen MR) is 97.1 cm³/mol. The summed E-state index contributed by atoms with van der Waals surface area (Å²) in [7, 11) is 1.65. The van der Waals surface area contributed by atoms with Gasteiger partial charge in [0.1, 0.15) is 18.1 Å². The fourth-order valence-electron chi connectivity index (χ4n) is 4.34. The molecular weight excluding hydrogens is 330 g/mol. The highest BCUT2D eigenvalue weighted by atomic mass is 16.5. The second kappa shape index (κ2) is 7.40. The first-order chi connectivity index (χ1) is 12.7. The number of aromatic nitrogens is 2. The van der Waals surface area contributed by atoms with Crippen molar-refractivity contribution in [1.29, 1.82) is 0 Å². The van der Waals surface area contributed by atoms with E-state index in [-0.39, 0.29) is 11.9 Å². The molecule has 1 aliphatic carbocycles. The van der Waals surface area contributed by atoms with Gasteiger partial charge in [-0.2, -0.15) is 5.10 Å². The highest BCUT2D eigenvalue weighted by Gasteiger charge is 2.47. The van der Waals surface area contributed by atoms with E-state index >= 15 is 0 Å². The number of carbonyl (C=O) groups excluding carboxylic acids is 1. The number of nitrogens with zero attached hydrogens (tertiary/aromatic N) is 3. The zero-order valence-electron chi connectivity index (χ0n) is 15.1. The van der Waals surface area contributed by atoms with Crippen LogP contribution >= 0.6 is 0 Å². The van der Waals surface area contributed by atoms with Crippen LogP contribution in [0.25, 0.3) is 0 Å². The summed E-state index contributed by atoms with van der Waals surface area (Å²) < 4.78 is 13.1. The molecule has 1 saturated heterocycles. The minimum atomic E-state index is 0.171. The van der Waals surface area contributed by atoms with E-state index in [1.807, 2.05) is 41.2 Å². The summed E-state index contributed by atoms with van der Waals surface area (Å²) in [6.45, 7) is 1.17. The molecule has 138 valence electrons. The smallest absolute Gasteiger partial charge is 0.225 e. The summed E-state index contributed by atoms with van der Waals surface area (Å²) in [4.78, 5) is 15.0.